The van der Waals surface area contributed by atoms with Crippen molar-refractivity contribution in [2.24, 2.45) is 0 Å². The summed E-state index contributed by atoms with van der Waals surface area (Å²) in [6, 6.07) is 0. The third-order valence-electron chi connectivity index (χ3n) is 1.22. The van der Waals surface area contributed by atoms with Gasteiger partial charge in [-0.25, -0.2) is 0 Å². The normalized spacial score (nSPS) is 17.3. The molecule has 0 heterocycles. The zero-order chi connectivity index (χ0) is 7.28. The van der Waals surface area contributed by atoms with Crippen LogP contribution in [0.1, 0.15) is 33.1 Å². The van der Waals surface area contributed by atoms with Crippen LogP contribution in [0.25, 0.3) is 0 Å². The fraction of sp³-hybridized carbons (Fsp3) is 1.00. The minimum absolute atomic E-state index is 0.107. The molecule has 0 aliphatic heterocycles. The van der Waals surface area contributed by atoms with Crippen LogP contribution in [-0.2, 0) is 0 Å². The molecule has 0 aromatic carbocycles. The maximum absolute atomic E-state index is 9.19. The SMILES string of the molecule is CCCC(O)CC(C)Br. The average molecular weight is 195 g/mol. The predicted octanol–water partition coefficient (Wildman–Crippen LogP) is 2.32. The number of aliphatic hydroxyl groups is 1. The first-order valence-electron chi connectivity index (χ1n) is 3.49. The van der Waals surface area contributed by atoms with Crippen molar-refractivity contribution < 1.29 is 5.11 Å². The van der Waals surface area contributed by atoms with E-state index in [9.17, 15) is 5.11 Å². The maximum atomic E-state index is 9.19. The zero-order valence-electron chi connectivity index (χ0n) is 6.10. The van der Waals surface area contributed by atoms with Crippen LogP contribution in [0.4, 0.5) is 0 Å². The molecule has 2 unspecified atom stereocenters. The van der Waals surface area contributed by atoms with Gasteiger partial charge in [0, 0.05) is 4.83 Å². The van der Waals surface area contributed by atoms with Crippen molar-refractivity contribution in [2.45, 2.75) is 44.0 Å². The van der Waals surface area contributed by atoms with E-state index in [4.69, 9.17) is 0 Å². The van der Waals surface area contributed by atoms with Crippen LogP contribution >= 0.6 is 15.9 Å². The first kappa shape index (κ1) is 9.44. The van der Waals surface area contributed by atoms with E-state index >= 15 is 0 Å². The number of rotatable bonds is 4. The Bertz CT molecular complexity index is 63.9. The van der Waals surface area contributed by atoms with Gasteiger partial charge < -0.3 is 5.11 Å². The number of halogens is 1. The second kappa shape index (κ2) is 5.24. The third-order valence-corrected chi connectivity index (χ3v) is 1.59. The Hall–Kier alpha value is 0.440. The molecule has 0 saturated carbocycles. The van der Waals surface area contributed by atoms with Gasteiger partial charge in [-0.3, -0.25) is 0 Å². The van der Waals surface area contributed by atoms with Crippen LogP contribution in [0.5, 0.6) is 0 Å². The van der Waals surface area contributed by atoms with Gasteiger partial charge in [-0.2, -0.15) is 0 Å². The van der Waals surface area contributed by atoms with E-state index in [2.05, 4.69) is 29.8 Å². The van der Waals surface area contributed by atoms with Gasteiger partial charge in [0.2, 0.25) is 0 Å². The molecule has 56 valence electrons. The second-order valence-corrected chi connectivity index (χ2v) is 4.02. The van der Waals surface area contributed by atoms with Gasteiger partial charge in [-0.1, -0.05) is 36.2 Å². The van der Waals surface area contributed by atoms with Crippen molar-refractivity contribution >= 4 is 15.9 Å². The highest BCUT2D eigenvalue weighted by Crippen LogP contribution is 2.10. The highest BCUT2D eigenvalue weighted by Gasteiger charge is 2.05. The van der Waals surface area contributed by atoms with Gasteiger partial charge in [0.05, 0.1) is 6.10 Å². The lowest BCUT2D eigenvalue weighted by Gasteiger charge is -2.09. The van der Waals surface area contributed by atoms with Crippen molar-refractivity contribution in [3.8, 4) is 0 Å². The Balaban J connectivity index is 3.15. The molecule has 0 amide bonds. The van der Waals surface area contributed by atoms with Gasteiger partial charge in [0.15, 0.2) is 0 Å². The highest BCUT2D eigenvalue weighted by atomic mass is 79.9. The van der Waals surface area contributed by atoms with Gasteiger partial charge in [-0.05, 0) is 12.8 Å². The summed E-state index contributed by atoms with van der Waals surface area (Å²) < 4.78 is 0. The molecule has 0 fully saturated rings. The Labute approximate surface area is 65.6 Å². The molecule has 0 aliphatic rings. The number of hydrogen-bond donors (Lipinski definition) is 1. The van der Waals surface area contributed by atoms with Crippen LogP contribution in [0, 0.1) is 0 Å². The van der Waals surface area contributed by atoms with E-state index in [0.29, 0.717) is 4.83 Å². The lowest BCUT2D eigenvalue weighted by Crippen LogP contribution is -2.10. The van der Waals surface area contributed by atoms with E-state index in [-0.39, 0.29) is 6.10 Å². The Kier molecular flexibility index (Phi) is 5.50. The molecule has 1 N–H and O–H groups in total. The molecular formula is C7H15BrO. The van der Waals surface area contributed by atoms with Crippen LogP contribution in [-0.4, -0.2) is 16.0 Å². The van der Waals surface area contributed by atoms with E-state index in [1.54, 1.807) is 0 Å². The summed E-state index contributed by atoms with van der Waals surface area (Å²) in [5.41, 5.74) is 0. The average Bonchev–Trinajstić information content (AvgIpc) is 1.63. The van der Waals surface area contributed by atoms with Crippen LogP contribution in [0.15, 0.2) is 0 Å². The maximum Gasteiger partial charge on any atom is 0.0550 e. The summed E-state index contributed by atoms with van der Waals surface area (Å²) >= 11 is 3.38. The highest BCUT2D eigenvalue weighted by molar-refractivity contribution is 9.09. The minimum atomic E-state index is -0.107. The van der Waals surface area contributed by atoms with Gasteiger partial charge >= 0.3 is 0 Å². The van der Waals surface area contributed by atoms with Crippen molar-refractivity contribution in [1.29, 1.82) is 0 Å². The van der Waals surface area contributed by atoms with E-state index in [1.807, 2.05) is 0 Å². The van der Waals surface area contributed by atoms with Crippen LogP contribution in [0.3, 0.4) is 0 Å². The Morgan fingerprint density at radius 1 is 1.56 bits per heavy atom. The number of hydrogen-bond acceptors (Lipinski definition) is 1. The summed E-state index contributed by atoms with van der Waals surface area (Å²) in [4.78, 5) is 0.444. The lowest BCUT2D eigenvalue weighted by atomic mass is 10.1. The molecule has 1 nitrogen and oxygen atoms in total. The van der Waals surface area contributed by atoms with Gasteiger partial charge in [-0.15, -0.1) is 0 Å². The molecule has 0 saturated heterocycles. The summed E-state index contributed by atoms with van der Waals surface area (Å²) in [7, 11) is 0. The van der Waals surface area contributed by atoms with Crippen molar-refractivity contribution in [3.63, 3.8) is 0 Å². The molecule has 9 heavy (non-hydrogen) atoms. The molecule has 0 aromatic heterocycles. The fourth-order valence-corrected chi connectivity index (χ4v) is 1.26. The number of aliphatic hydroxyl groups excluding tert-OH is 1. The van der Waals surface area contributed by atoms with Crippen LogP contribution in [0.2, 0.25) is 0 Å². The summed E-state index contributed by atoms with van der Waals surface area (Å²) in [6.45, 7) is 4.14. The third kappa shape index (κ3) is 6.32. The van der Waals surface area contributed by atoms with Crippen LogP contribution < -0.4 is 0 Å². The summed E-state index contributed by atoms with van der Waals surface area (Å²) in [6.07, 6.45) is 2.76. The second-order valence-electron chi connectivity index (χ2n) is 2.46. The first-order chi connectivity index (χ1) is 4.16. The Morgan fingerprint density at radius 3 is 2.44 bits per heavy atom. The summed E-state index contributed by atoms with van der Waals surface area (Å²) in [5, 5.41) is 9.19. The minimum Gasteiger partial charge on any atom is -0.393 e. The topological polar surface area (TPSA) is 20.2 Å². The van der Waals surface area contributed by atoms with Crippen molar-refractivity contribution in [2.75, 3.05) is 0 Å². The lowest BCUT2D eigenvalue weighted by molar-refractivity contribution is 0.155. The molecular weight excluding hydrogens is 180 g/mol. The first-order valence-corrected chi connectivity index (χ1v) is 4.40. The Morgan fingerprint density at radius 2 is 2.11 bits per heavy atom. The molecule has 0 rings (SSSR count). The quantitative estimate of drug-likeness (QED) is 0.682. The monoisotopic (exact) mass is 194 g/mol. The van der Waals surface area contributed by atoms with E-state index < -0.39 is 0 Å². The standard InChI is InChI=1S/C7H15BrO/c1-3-4-7(9)5-6(2)8/h6-7,9H,3-5H2,1-2H3. The zero-order valence-corrected chi connectivity index (χ0v) is 7.69. The number of alkyl halides is 1. The largest absolute Gasteiger partial charge is 0.393 e. The van der Waals surface area contributed by atoms with Gasteiger partial charge in [0.1, 0.15) is 0 Å². The van der Waals surface area contributed by atoms with Crippen molar-refractivity contribution in [3.05, 3.63) is 0 Å². The molecule has 0 aliphatic carbocycles. The van der Waals surface area contributed by atoms with E-state index in [1.165, 1.54) is 0 Å². The molecule has 0 radical (unpaired) electrons. The molecule has 0 aromatic rings. The molecule has 0 bridgehead atoms. The van der Waals surface area contributed by atoms with Crippen molar-refractivity contribution in [1.82, 2.24) is 0 Å². The smallest absolute Gasteiger partial charge is 0.0550 e. The molecule has 0 spiro atoms. The molecule has 2 heteroatoms. The fourth-order valence-electron chi connectivity index (χ4n) is 0.826. The van der Waals surface area contributed by atoms with E-state index in [0.717, 1.165) is 19.3 Å². The molecule has 2 atom stereocenters. The summed E-state index contributed by atoms with van der Waals surface area (Å²) in [5.74, 6) is 0. The van der Waals surface area contributed by atoms with Gasteiger partial charge in [0.25, 0.3) is 0 Å². The predicted molar refractivity (Wildman–Crippen MR) is 43.9 cm³/mol.